The number of anilines is 2. The summed E-state index contributed by atoms with van der Waals surface area (Å²) in [5.74, 6) is -0.517. The van der Waals surface area contributed by atoms with Crippen molar-refractivity contribution in [2.24, 2.45) is 0 Å². The number of methoxy groups -OCH3 is 1. The quantitative estimate of drug-likeness (QED) is 0.341. The van der Waals surface area contributed by atoms with Gasteiger partial charge < -0.3 is 24.8 Å². The van der Waals surface area contributed by atoms with Crippen LogP contribution in [0.1, 0.15) is 21.5 Å². The summed E-state index contributed by atoms with van der Waals surface area (Å²) in [6.45, 7) is 1.16. The van der Waals surface area contributed by atoms with Gasteiger partial charge in [0, 0.05) is 43.9 Å². The summed E-state index contributed by atoms with van der Waals surface area (Å²) in [5.41, 5.74) is 0.833. The van der Waals surface area contributed by atoms with E-state index >= 15 is 0 Å². The van der Waals surface area contributed by atoms with Crippen molar-refractivity contribution >= 4 is 28.9 Å². The number of benzene rings is 3. The number of hydrogen-bond acceptors (Lipinski definition) is 5. The molecule has 0 aliphatic rings. The molecule has 3 aromatic carbocycles. The number of hydrogen-bond donors (Lipinski definition) is 2. The molecule has 0 fully saturated rings. The highest BCUT2D eigenvalue weighted by atomic mass is 35.5. The summed E-state index contributed by atoms with van der Waals surface area (Å²) in [7, 11) is 3.46. The number of carbonyl (C=O) groups excluding carboxylic acids is 1. The molecular weight excluding hydrogens is 497 g/mol. The summed E-state index contributed by atoms with van der Waals surface area (Å²) >= 11 is 5.96. The molecule has 2 N–H and O–H groups in total. The van der Waals surface area contributed by atoms with E-state index in [-0.39, 0.29) is 29.4 Å². The Hall–Kier alpha value is -3.43. The van der Waals surface area contributed by atoms with Crippen LogP contribution in [0.4, 0.5) is 24.5 Å². The Labute approximate surface area is 212 Å². The highest BCUT2D eigenvalue weighted by Gasteiger charge is 2.30. The average molecular weight is 523 g/mol. The maximum Gasteiger partial charge on any atom is 0.416 e. The van der Waals surface area contributed by atoms with Gasteiger partial charge in [-0.15, -0.1) is 0 Å². The van der Waals surface area contributed by atoms with E-state index in [1.165, 1.54) is 24.3 Å². The standard InChI is InChI=1S/C26H26ClF3N2O4/c1-32(11-13-35-2)20-7-8-22(31-25(34)21-15-19(27)6-9-23(21)33)24(16-20)36-12-10-17-4-3-5-18(14-17)26(28,29)30/h3-9,14-16,33H,10-13H2,1-2H3,(H,31,34). The van der Waals surface area contributed by atoms with E-state index < -0.39 is 17.6 Å². The zero-order chi connectivity index (χ0) is 26.3. The zero-order valence-electron chi connectivity index (χ0n) is 19.7. The van der Waals surface area contributed by atoms with Crippen LogP contribution in [-0.4, -0.2) is 44.9 Å². The van der Waals surface area contributed by atoms with Gasteiger partial charge >= 0.3 is 6.18 Å². The number of rotatable bonds is 10. The van der Waals surface area contributed by atoms with Crippen molar-refractivity contribution in [1.29, 1.82) is 0 Å². The van der Waals surface area contributed by atoms with Crippen molar-refractivity contribution in [3.8, 4) is 11.5 Å². The van der Waals surface area contributed by atoms with E-state index in [0.29, 0.717) is 30.2 Å². The number of halogens is 4. The minimum absolute atomic E-state index is 0.0151. The van der Waals surface area contributed by atoms with Crippen LogP contribution >= 0.6 is 11.6 Å². The molecule has 3 rings (SSSR count). The van der Waals surface area contributed by atoms with E-state index in [2.05, 4.69) is 5.32 Å². The number of nitrogens with zero attached hydrogens (tertiary/aromatic N) is 1. The van der Waals surface area contributed by atoms with Gasteiger partial charge in [0.1, 0.15) is 11.5 Å². The summed E-state index contributed by atoms with van der Waals surface area (Å²) < 4.78 is 50.1. The van der Waals surface area contributed by atoms with Crippen molar-refractivity contribution in [3.05, 3.63) is 82.4 Å². The third-order valence-corrected chi connectivity index (χ3v) is 5.63. The Morgan fingerprint density at radius 3 is 2.58 bits per heavy atom. The van der Waals surface area contributed by atoms with Crippen LogP contribution in [0.3, 0.4) is 0 Å². The third kappa shape index (κ3) is 7.29. The largest absolute Gasteiger partial charge is 0.507 e. The average Bonchev–Trinajstić information content (AvgIpc) is 2.84. The predicted molar refractivity (Wildman–Crippen MR) is 133 cm³/mol. The normalized spacial score (nSPS) is 11.3. The molecule has 3 aromatic rings. The van der Waals surface area contributed by atoms with Crippen molar-refractivity contribution < 1.29 is 32.5 Å². The smallest absolute Gasteiger partial charge is 0.416 e. The molecule has 0 heterocycles. The fourth-order valence-electron chi connectivity index (χ4n) is 3.39. The molecule has 0 aromatic heterocycles. The molecule has 0 saturated carbocycles. The van der Waals surface area contributed by atoms with E-state index in [0.717, 1.165) is 17.8 Å². The molecule has 192 valence electrons. The van der Waals surface area contributed by atoms with Gasteiger partial charge in [-0.2, -0.15) is 13.2 Å². The lowest BCUT2D eigenvalue weighted by Gasteiger charge is -2.21. The maximum atomic E-state index is 13.0. The van der Waals surface area contributed by atoms with Gasteiger partial charge in [-0.3, -0.25) is 4.79 Å². The Kier molecular flexibility index (Phi) is 9.06. The van der Waals surface area contributed by atoms with E-state index in [9.17, 15) is 23.1 Å². The molecule has 1 amide bonds. The monoisotopic (exact) mass is 522 g/mol. The Morgan fingerprint density at radius 1 is 1.08 bits per heavy atom. The molecule has 0 aliphatic carbocycles. The van der Waals surface area contributed by atoms with E-state index in [1.807, 2.05) is 11.9 Å². The van der Waals surface area contributed by atoms with Gasteiger partial charge in [0.05, 0.1) is 30.0 Å². The SMILES string of the molecule is COCCN(C)c1ccc(NC(=O)c2cc(Cl)ccc2O)c(OCCc2cccc(C(F)(F)F)c2)c1. The molecule has 6 nitrogen and oxygen atoms in total. The fraction of sp³-hybridized carbons (Fsp3) is 0.269. The summed E-state index contributed by atoms with van der Waals surface area (Å²) in [6.07, 6.45) is -4.21. The van der Waals surface area contributed by atoms with Crippen LogP contribution in [0.15, 0.2) is 60.7 Å². The lowest BCUT2D eigenvalue weighted by molar-refractivity contribution is -0.137. The van der Waals surface area contributed by atoms with Gasteiger partial charge in [-0.1, -0.05) is 29.8 Å². The zero-order valence-corrected chi connectivity index (χ0v) is 20.5. The van der Waals surface area contributed by atoms with Crippen molar-refractivity contribution in [2.75, 3.05) is 44.1 Å². The number of carbonyl (C=O) groups is 1. The van der Waals surface area contributed by atoms with Crippen LogP contribution < -0.4 is 15.0 Å². The van der Waals surface area contributed by atoms with Crippen molar-refractivity contribution in [3.63, 3.8) is 0 Å². The van der Waals surface area contributed by atoms with Gasteiger partial charge in [0.2, 0.25) is 0 Å². The second kappa shape index (κ2) is 12.0. The molecule has 0 saturated heterocycles. The van der Waals surface area contributed by atoms with Gasteiger partial charge in [-0.25, -0.2) is 0 Å². The van der Waals surface area contributed by atoms with E-state index in [4.69, 9.17) is 21.1 Å². The molecule has 0 aliphatic heterocycles. The number of phenols is 1. The molecule has 36 heavy (non-hydrogen) atoms. The molecule has 0 radical (unpaired) electrons. The fourth-order valence-corrected chi connectivity index (χ4v) is 3.56. The molecular formula is C26H26ClF3N2O4. The second-order valence-corrected chi connectivity index (χ2v) is 8.44. The van der Waals surface area contributed by atoms with Crippen LogP contribution in [0.25, 0.3) is 0 Å². The van der Waals surface area contributed by atoms with Gasteiger partial charge in [0.25, 0.3) is 5.91 Å². The molecule has 0 bridgehead atoms. The van der Waals surface area contributed by atoms with Crippen LogP contribution in [0, 0.1) is 0 Å². The minimum Gasteiger partial charge on any atom is -0.507 e. The Bertz CT molecular complexity index is 1200. The predicted octanol–water partition coefficient (Wildman–Crippen LogP) is 6.02. The first-order valence-corrected chi connectivity index (χ1v) is 11.4. The Morgan fingerprint density at radius 2 is 1.86 bits per heavy atom. The molecule has 0 atom stereocenters. The summed E-state index contributed by atoms with van der Waals surface area (Å²) in [4.78, 5) is 14.7. The van der Waals surface area contributed by atoms with Crippen molar-refractivity contribution in [1.82, 2.24) is 0 Å². The highest BCUT2D eigenvalue weighted by molar-refractivity contribution is 6.31. The van der Waals surface area contributed by atoms with Crippen LogP contribution in [0.2, 0.25) is 5.02 Å². The molecule has 0 unspecified atom stereocenters. The first-order valence-electron chi connectivity index (χ1n) is 11.0. The van der Waals surface area contributed by atoms with Crippen LogP contribution in [0.5, 0.6) is 11.5 Å². The number of nitrogens with one attached hydrogen (secondary N) is 1. The highest BCUT2D eigenvalue weighted by Crippen LogP contribution is 2.32. The number of amides is 1. The number of likely N-dealkylation sites (N-methyl/N-ethyl adjacent to an activating group) is 1. The lowest BCUT2D eigenvalue weighted by atomic mass is 10.1. The third-order valence-electron chi connectivity index (χ3n) is 5.39. The Balaban J connectivity index is 1.81. The lowest BCUT2D eigenvalue weighted by Crippen LogP contribution is -2.22. The first-order chi connectivity index (χ1) is 17.1. The van der Waals surface area contributed by atoms with Gasteiger partial charge in [-0.05, 0) is 42.0 Å². The van der Waals surface area contributed by atoms with Gasteiger partial charge in [0.15, 0.2) is 0 Å². The minimum atomic E-state index is -4.43. The first kappa shape index (κ1) is 27.2. The van der Waals surface area contributed by atoms with Crippen LogP contribution in [-0.2, 0) is 17.3 Å². The summed E-state index contributed by atoms with van der Waals surface area (Å²) in [6, 6.07) is 14.3. The maximum absolute atomic E-state index is 13.0. The molecule has 10 heteroatoms. The topological polar surface area (TPSA) is 71.0 Å². The second-order valence-electron chi connectivity index (χ2n) is 8.01. The number of phenolic OH excluding ortho intramolecular Hbond substituents is 1. The number of aromatic hydroxyl groups is 1. The van der Waals surface area contributed by atoms with Crippen molar-refractivity contribution in [2.45, 2.75) is 12.6 Å². The molecule has 0 spiro atoms. The number of alkyl halides is 3. The number of ether oxygens (including phenoxy) is 2. The van der Waals surface area contributed by atoms with E-state index in [1.54, 1.807) is 31.4 Å². The summed E-state index contributed by atoms with van der Waals surface area (Å²) in [5, 5.41) is 13.0.